The molecule has 4 aromatic rings. The van der Waals surface area contributed by atoms with Crippen molar-refractivity contribution in [2.24, 2.45) is 4.99 Å². The molecule has 1 aliphatic rings. The molecule has 6 nitrogen and oxygen atoms in total. The normalized spacial score (nSPS) is 15.1. The molecule has 0 amide bonds. The summed E-state index contributed by atoms with van der Waals surface area (Å²) in [5.41, 5.74) is 3.03. The monoisotopic (exact) mass is 578 g/mol. The van der Waals surface area contributed by atoms with E-state index in [0.29, 0.717) is 55.0 Å². The zero-order valence-electron chi connectivity index (χ0n) is 21.2. The fourth-order valence-electron chi connectivity index (χ4n) is 4.51. The molecule has 0 N–H and O–H groups in total. The second-order valence-corrected chi connectivity index (χ2v) is 10.7. The molecular formula is C30H24Cl2N2O4S. The number of hydrogen-bond acceptors (Lipinski definition) is 6. The second-order valence-electron chi connectivity index (χ2n) is 8.80. The van der Waals surface area contributed by atoms with Crippen LogP contribution in [0.4, 0.5) is 0 Å². The number of rotatable bonds is 7. The number of benzene rings is 3. The highest BCUT2D eigenvalue weighted by Gasteiger charge is 2.33. The highest BCUT2D eigenvalue weighted by atomic mass is 35.5. The van der Waals surface area contributed by atoms with Gasteiger partial charge in [-0.25, -0.2) is 9.79 Å². The fourth-order valence-corrected chi connectivity index (χ4v) is 5.91. The Balaban J connectivity index is 1.64. The van der Waals surface area contributed by atoms with Crippen molar-refractivity contribution in [3.05, 3.63) is 130 Å². The van der Waals surface area contributed by atoms with Crippen LogP contribution in [0.15, 0.2) is 93.9 Å². The van der Waals surface area contributed by atoms with E-state index in [9.17, 15) is 9.59 Å². The van der Waals surface area contributed by atoms with Crippen molar-refractivity contribution in [1.82, 2.24) is 4.57 Å². The third-order valence-corrected chi connectivity index (χ3v) is 7.76. The minimum absolute atomic E-state index is 0.273. The van der Waals surface area contributed by atoms with Gasteiger partial charge in [0.05, 0.1) is 29.0 Å². The molecule has 0 bridgehead atoms. The Bertz CT molecular complexity index is 1760. The van der Waals surface area contributed by atoms with Crippen molar-refractivity contribution in [1.29, 1.82) is 0 Å². The highest BCUT2D eigenvalue weighted by Crippen LogP contribution is 2.32. The van der Waals surface area contributed by atoms with Crippen LogP contribution in [-0.4, -0.2) is 17.6 Å². The zero-order valence-corrected chi connectivity index (χ0v) is 23.5. The maximum atomic E-state index is 13.9. The molecule has 0 spiro atoms. The first-order valence-electron chi connectivity index (χ1n) is 12.2. The number of allylic oxidation sites excluding steroid dienone is 1. The van der Waals surface area contributed by atoms with E-state index in [0.717, 1.165) is 11.1 Å². The van der Waals surface area contributed by atoms with Crippen molar-refractivity contribution in [2.75, 3.05) is 7.11 Å². The first-order chi connectivity index (χ1) is 18.9. The fraction of sp³-hybridized carbons (Fsp3) is 0.167. The number of carbonyl (C=O) groups is 1. The van der Waals surface area contributed by atoms with Crippen LogP contribution in [0.5, 0.6) is 5.75 Å². The molecule has 1 atom stereocenters. The van der Waals surface area contributed by atoms with E-state index < -0.39 is 12.0 Å². The number of methoxy groups -OCH3 is 1. The predicted octanol–water partition coefficient (Wildman–Crippen LogP) is 5.68. The maximum absolute atomic E-state index is 13.9. The quantitative estimate of drug-likeness (QED) is 0.264. The number of aromatic nitrogens is 1. The van der Waals surface area contributed by atoms with Crippen LogP contribution < -0.4 is 19.6 Å². The van der Waals surface area contributed by atoms with Gasteiger partial charge in [0.25, 0.3) is 5.56 Å². The Morgan fingerprint density at radius 3 is 2.54 bits per heavy atom. The first kappa shape index (κ1) is 26.9. The lowest BCUT2D eigenvalue weighted by molar-refractivity contribution is -0.136. The van der Waals surface area contributed by atoms with Gasteiger partial charge in [-0.15, -0.1) is 0 Å². The molecule has 1 aliphatic heterocycles. The van der Waals surface area contributed by atoms with E-state index in [4.69, 9.17) is 37.7 Å². The largest absolute Gasteiger partial charge is 0.488 e. The molecule has 3 aromatic carbocycles. The second kappa shape index (κ2) is 11.6. The third kappa shape index (κ3) is 5.57. The summed E-state index contributed by atoms with van der Waals surface area (Å²) in [6.45, 7) is 2.22. The molecule has 1 aromatic heterocycles. The maximum Gasteiger partial charge on any atom is 0.338 e. The molecule has 2 heterocycles. The van der Waals surface area contributed by atoms with E-state index in [-0.39, 0.29) is 5.56 Å². The molecule has 5 rings (SSSR count). The van der Waals surface area contributed by atoms with Crippen LogP contribution in [0.25, 0.3) is 6.08 Å². The van der Waals surface area contributed by atoms with E-state index in [2.05, 4.69) is 0 Å². The van der Waals surface area contributed by atoms with Gasteiger partial charge in [0, 0.05) is 15.6 Å². The van der Waals surface area contributed by atoms with Crippen molar-refractivity contribution in [3.8, 4) is 5.75 Å². The molecule has 0 fully saturated rings. The number of hydrogen-bond donors (Lipinski definition) is 0. The predicted molar refractivity (Wildman–Crippen MR) is 154 cm³/mol. The first-order valence-corrected chi connectivity index (χ1v) is 13.8. The molecular weight excluding hydrogens is 555 g/mol. The van der Waals surface area contributed by atoms with Crippen molar-refractivity contribution in [2.45, 2.75) is 26.0 Å². The van der Waals surface area contributed by atoms with E-state index in [1.54, 1.807) is 34.9 Å². The molecule has 0 radical (unpaired) electrons. The molecule has 39 heavy (non-hydrogen) atoms. The number of thiazole rings is 1. The summed E-state index contributed by atoms with van der Waals surface area (Å²) in [4.78, 5) is 32.0. The smallest absolute Gasteiger partial charge is 0.338 e. The standard InChI is InChI=1S/C30H24Cl2N2O4S/c1-3-23-26(29(36)37-2)27(19-9-5-4-6-10-19)34-28(35)25(39-30(34)33-23)16-20-15-22(32)12-13-24(20)38-17-18-8-7-11-21(31)14-18/h4-16,27H,3,17H2,1-2H3/b25-16+/t27-/m1/s1. The van der Waals surface area contributed by atoms with Gasteiger partial charge in [0.15, 0.2) is 4.80 Å². The summed E-state index contributed by atoms with van der Waals surface area (Å²) in [6.07, 6.45) is 2.26. The van der Waals surface area contributed by atoms with Gasteiger partial charge >= 0.3 is 5.97 Å². The Kier molecular flexibility index (Phi) is 8.02. The topological polar surface area (TPSA) is 69.9 Å². The minimum Gasteiger partial charge on any atom is -0.488 e. The van der Waals surface area contributed by atoms with Crippen LogP contribution >= 0.6 is 34.5 Å². The van der Waals surface area contributed by atoms with Crippen LogP contribution in [-0.2, 0) is 16.1 Å². The van der Waals surface area contributed by atoms with Gasteiger partial charge < -0.3 is 9.47 Å². The van der Waals surface area contributed by atoms with E-state index in [1.165, 1.54) is 18.4 Å². The number of carbonyl (C=O) groups excluding carboxylic acids is 1. The molecule has 198 valence electrons. The van der Waals surface area contributed by atoms with Crippen LogP contribution in [0.3, 0.4) is 0 Å². The number of halogens is 2. The number of esters is 1. The lowest BCUT2D eigenvalue weighted by Crippen LogP contribution is -2.40. The van der Waals surface area contributed by atoms with Crippen LogP contribution in [0.2, 0.25) is 10.0 Å². The lowest BCUT2D eigenvalue weighted by Gasteiger charge is -2.25. The van der Waals surface area contributed by atoms with E-state index in [1.807, 2.05) is 55.5 Å². The minimum atomic E-state index is -0.662. The highest BCUT2D eigenvalue weighted by molar-refractivity contribution is 7.07. The Hall–Kier alpha value is -3.65. The third-order valence-electron chi connectivity index (χ3n) is 6.31. The Morgan fingerprint density at radius 2 is 1.82 bits per heavy atom. The van der Waals surface area contributed by atoms with Crippen molar-refractivity contribution < 1.29 is 14.3 Å². The Labute approximate surface area is 239 Å². The lowest BCUT2D eigenvalue weighted by atomic mass is 9.95. The van der Waals surface area contributed by atoms with E-state index >= 15 is 0 Å². The van der Waals surface area contributed by atoms with Gasteiger partial charge in [-0.1, -0.05) is 83.9 Å². The summed E-state index contributed by atoms with van der Waals surface area (Å²) in [6, 6.07) is 21.4. The average Bonchev–Trinajstić information content (AvgIpc) is 3.25. The number of nitrogens with zero attached hydrogens (tertiary/aromatic N) is 2. The summed E-state index contributed by atoms with van der Waals surface area (Å²) < 4.78 is 13.2. The average molecular weight is 580 g/mol. The molecule has 0 unspecified atom stereocenters. The Morgan fingerprint density at radius 1 is 1.05 bits per heavy atom. The molecule has 0 saturated heterocycles. The summed E-state index contributed by atoms with van der Waals surface area (Å²) in [5, 5.41) is 1.13. The van der Waals surface area contributed by atoms with Gasteiger partial charge in [-0.3, -0.25) is 9.36 Å². The van der Waals surface area contributed by atoms with Crippen LogP contribution in [0.1, 0.15) is 36.1 Å². The summed E-state index contributed by atoms with van der Waals surface area (Å²) >= 11 is 13.7. The molecule has 9 heteroatoms. The molecule has 0 saturated carbocycles. The van der Waals surface area contributed by atoms with Gasteiger partial charge in [-0.05, 0) is 54.0 Å². The summed E-state index contributed by atoms with van der Waals surface area (Å²) in [7, 11) is 1.33. The SMILES string of the molecule is CCC1=C(C(=O)OC)[C@@H](c2ccccc2)n2c(s/c(=C/c3cc(Cl)ccc3OCc3cccc(Cl)c3)c2=O)=N1. The number of ether oxygens (including phenoxy) is 2. The van der Waals surface area contributed by atoms with Crippen molar-refractivity contribution >= 4 is 46.6 Å². The zero-order chi connectivity index (χ0) is 27.5. The van der Waals surface area contributed by atoms with Gasteiger partial charge in [0.2, 0.25) is 0 Å². The van der Waals surface area contributed by atoms with Crippen LogP contribution in [0, 0.1) is 0 Å². The van der Waals surface area contributed by atoms with Crippen molar-refractivity contribution in [3.63, 3.8) is 0 Å². The van der Waals surface area contributed by atoms with Gasteiger partial charge in [0.1, 0.15) is 12.4 Å². The number of fused-ring (bicyclic) bond motifs is 1. The van der Waals surface area contributed by atoms with Gasteiger partial charge in [-0.2, -0.15) is 0 Å². The molecule has 0 aliphatic carbocycles. The summed E-state index contributed by atoms with van der Waals surface area (Å²) in [5.74, 6) is 0.0552.